The van der Waals surface area contributed by atoms with E-state index in [4.69, 9.17) is 4.99 Å². The Balaban J connectivity index is 0.00000272. The number of H-pyrrole nitrogens is 1. The van der Waals surface area contributed by atoms with Crippen LogP contribution in [-0.4, -0.2) is 55.6 Å². The summed E-state index contributed by atoms with van der Waals surface area (Å²) in [7, 11) is 2.01. The maximum atomic E-state index is 4.76. The molecule has 0 aliphatic rings. The van der Waals surface area contributed by atoms with Crippen LogP contribution in [0.15, 0.2) is 65.9 Å². The van der Waals surface area contributed by atoms with Crippen LogP contribution in [0.4, 0.5) is 0 Å². The van der Waals surface area contributed by atoms with Crippen molar-refractivity contribution in [3.63, 3.8) is 0 Å². The van der Waals surface area contributed by atoms with Crippen molar-refractivity contribution in [1.29, 1.82) is 0 Å². The van der Waals surface area contributed by atoms with E-state index in [1.165, 1.54) is 0 Å². The van der Waals surface area contributed by atoms with Crippen LogP contribution in [0.2, 0.25) is 0 Å². The topological polar surface area (TPSA) is 86.5 Å². The van der Waals surface area contributed by atoms with Gasteiger partial charge in [0.15, 0.2) is 11.6 Å². The lowest BCUT2D eigenvalue weighted by atomic mass is 10.2. The van der Waals surface area contributed by atoms with Gasteiger partial charge in [0.05, 0.1) is 18.4 Å². The molecule has 0 bridgehead atoms. The number of fused-ring (bicyclic) bond motifs is 1. The Hall–Kier alpha value is -2.95. The number of imidazole rings is 1. The van der Waals surface area contributed by atoms with Gasteiger partial charge in [-0.05, 0) is 24.6 Å². The molecular weight excluding hydrogens is 503 g/mol. The number of nitrogens with zero attached hydrogens (tertiary/aromatic N) is 6. The first-order valence-corrected chi connectivity index (χ1v) is 10.1. The summed E-state index contributed by atoms with van der Waals surface area (Å²) in [6.45, 7) is 4.11. The van der Waals surface area contributed by atoms with E-state index >= 15 is 0 Å². The maximum Gasteiger partial charge on any atom is 0.194 e. The van der Waals surface area contributed by atoms with Crippen molar-refractivity contribution >= 4 is 35.6 Å². The Morgan fingerprint density at radius 2 is 1.94 bits per heavy atom. The van der Waals surface area contributed by atoms with E-state index in [9.17, 15) is 0 Å². The third-order valence-corrected chi connectivity index (χ3v) is 4.78. The van der Waals surface area contributed by atoms with E-state index in [0.717, 1.165) is 41.1 Å². The van der Waals surface area contributed by atoms with Crippen LogP contribution in [0.1, 0.15) is 18.6 Å². The van der Waals surface area contributed by atoms with Crippen molar-refractivity contribution in [3.05, 3.63) is 72.6 Å². The van der Waals surface area contributed by atoms with Gasteiger partial charge in [-0.3, -0.25) is 9.39 Å². The number of rotatable bonds is 7. The average molecular weight is 530 g/mol. The van der Waals surface area contributed by atoms with Crippen molar-refractivity contribution in [3.8, 4) is 11.3 Å². The van der Waals surface area contributed by atoms with Crippen LogP contribution in [0, 0.1) is 0 Å². The van der Waals surface area contributed by atoms with Gasteiger partial charge < -0.3 is 15.2 Å². The van der Waals surface area contributed by atoms with Crippen LogP contribution in [0.25, 0.3) is 16.9 Å². The van der Waals surface area contributed by atoms with Crippen molar-refractivity contribution < 1.29 is 0 Å². The predicted octanol–water partition coefficient (Wildman–Crippen LogP) is 3.38. The molecular formula is C22H27IN8. The number of aromatic nitrogens is 5. The fraction of sp³-hybridized carbons (Fsp3) is 0.273. The van der Waals surface area contributed by atoms with E-state index in [1.807, 2.05) is 60.2 Å². The van der Waals surface area contributed by atoms with E-state index in [-0.39, 0.29) is 24.0 Å². The molecule has 0 atom stereocenters. The van der Waals surface area contributed by atoms with Gasteiger partial charge in [-0.1, -0.05) is 36.4 Å². The number of aliphatic imine (C=N–C) groups is 1. The zero-order valence-electron chi connectivity index (χ0n) is 17.7. The van der Waals surface area contributed by atoms with E-state index in [0.29, 0.717) is 19.5 Å². The normalized spacial score (nSPS) is 11.4. The maximum absolute atomic E-state index is 4.76. The van der Waals surface area contributed by atoms with E-state index in [1.54, 1.807) is 0 Å². The second-order valence-corrected chi connectivity index (χ2v) is 7.00. The minimum Gasteiger partial charge on any atom is -0.357 e. The number of hydrogen-bond donors (Lipinski definition) is 2. The molecule has 2 N–H and O–H groups in total. The molecule has 0 spiro atoms. The minimum atomic E-state index is 0. The van der Waals surface area contributed by atoms with Crippen molar-refractivity contribution in [2.75, 3.05) is 20.1 Å². The van der Waals surface area contributed by atoms with E-state index in [2.05, 4.69) is 49.4 Å². The molecule has 162 valence electrons. The number of benzene rings is 1. The first kappa shape index (κ1) is 22.7. The number of nitrogens with one attached hydrogen (secondary N) is 2. The quantitative estimate of drug-likeness (QED) is 0.218. The number of aromatic amines is 1. The number of halogens is 1. The molecule has 0 aliphatic heterocycles. The monoisotopic (exact) mass is 530 g/mol. The summed E-state index contributed by atoms with van der Waals surface area (Å²) in [4.78, 5) is 14.8. The largest absolute Gasteiger partial charge is 0.357 e. The molecule has 1 aromatic carbocycles. The highest BCUT2D eigenvalue weighted by atomic mass is 127. The van der Waals surface area contributed by atoms with Crippen molar-refractivity contribution in [2.45, 2.75) is 19.9 Å². The van der Waals surface area contributed by atoms with Gasteiger partial charge in [0.1, 0.15) is 11.6 Å². The molecule has 4 rings (SSSR count). The van der Waals surface area contributed by atoms with Crippen LogP contribution in [0.3, 0.4) is 0 Å². The third kappa shape index (κ3) is 5.60. The molecule has 0 saturated carbocycles. The van der Waals surface area contributed by atoms with Gasteiger partial charge in [0.2, 0.25) is 0 Å². The Morgan fingerprint density at radius 1 is 1.13 bits per heavy atom. The summed E-state index contributed by atoms with van der Waals surface area (Å²) in [6, 6.07) is 16.1. The fourth-order valence-electron chi connectivity index (χ4n) is 3.30. The number of pyridine rings is 1. The van der Waals surface area contributed by atoms with Crippen LogP contribution >= 0.6 is 24.0 Å². The molecule has 0 unspecified atom stereocenters. The zero-order chi connectivity index (χ0) is 20.8. The summed E-state index contributed by atoms with van der Waals surface area (Å²) in [5.74, 6) is 2.64. The van der Waals surface area contributed by atoms with Gasteiger partial charge in [-0.25, -0.2) is 4.98 Å². The molecule has 0 saturated heterocycles. The number of guanidine groups is 1. The minimum absolute atomic E-state index is 0. The Morgan fingerprint density at radius 3 is 2.74 bits per heavy atom. The molecule has 3 aromatic heterocycles. The molecule has 8 nitrogen and oxygen atoms in total. The molecule has 0 fully saturated rings. The smallest absolute Gasteiger partial charge is 0.194 e. The zero-order valence-corrected chi connectivity index (χ0v) is 20.0. The highest BCUT2D eigenvalue weighted by Crippen LogP contribution is 2.16. The van der Waals surface area contributed by atoms with Gasteiger partial charge in [0, 0.05) is 32.8 Å². The first-order valence-electron chi connectivity index (χ1n) is 10.1. The van der Waals surface area contributed by atoms with Gasteiger partial charge >= 0.3 is 0 Å². The van der Waals surface area contributed by atoms with E-state index < -0.39 is 0 Å². The summed E-state index contributed by atoms with van der Waals surface area (Å²) < 4.78 is 2.00. The highest BCUT2D eigenvalue weighted by Gasteiger charge is 2.10. The average Bonchev–Trinajstić information content (AvgIpc) is 3.41. The van der Waals surface area contributed by atoms with Crippen molar-refractivity contribution in [1.82, 2.24) is 34.8 Å². The highest BCUT2D eigenvalue weighted by molar-refractivity contribution is 14.0. The van der Waals surface area contributed by atoms with Crippen LogP contribution in [0.5, 0.6) is 0 Å². The lowest BCUT2D eigenvalue weighted by Crippen LogP contribution is -2.38. The molecule has 0 radical (unpaired) electrons. The first-order chi connectivity index (χ1) is 14.7. The summed E-state index contributed by atoms with van der Waals surface area (Å²) in [5.41, 5.74) is 2.99. The fourth-order valence-corrected chi connectivity index (χ4v) is 3.30. The molecule has 31 heavy (non-hydrogen) atoms. The number of hydrogen-bond acceptors (Lipinski definition) is 4. The van der Waals surface area contributed by atoms with Crippen LogP contribution in [-0.2, 0) is 13.0 Å². The Labute approximate surface area is 198 Å². The second-order valence-electron chi connectivity index (χ2n) is 7.00. The molecule has 0 aliphatic carbocycles. The molecule has 3 heterocycles. The molecule has 0 amide bonds. The predicted molar refractivity (Wildman–Crippen MR) is 134 cm³/mol. The SMILES string of the molecule is CCNC(=NCCc1nnc2ccccn12)N(C)Cc1ncc(-c2ccccc2)[nH]1.I. The van der Waals surface area contributed by atoms with Crippen molar-refractivity contribution in [2.24, 2.45) is 4.99 Å². The molecule has 4 aromatic rings. The molecule has 9 heteroatoms. The summed E-state index contributed by atoms with van der Waals surface area (Å²) in [5, 5.41) is 11.8. The lowest BCUT2D eigenvalue weighted by Gasteiger charge is -2.21. The Kier molecular flexibility index (Phi) is 7.99. The van der Waals surface area contributed by atoms with Crippen LogP contribution < -0.4 is 5.32 Å². The summed E-state index contributed by atoms with van der Waals surface area (Å²) >= 11 is 0. The lowest BCUT2D eigenvalue weighted by molar-refractivity contribution is 0.464. The van der Waals surface area contributed by atoms with Gasteiger partial charge in [0.25, 0.3) is 0 Å². The Bertz CT molecular complexity index is 1120. The van der Waals surface area contributed by atoms with Gasteiger partial charge in [-0.15, -0.1) is 34.2 Å². The summed E-state index contributed by atoms with van der Waals surface area (Å²) in [6.07, 6.45) is 4.57. The second kappa shape index (κ2) is 10.9. The van der Waals surface area contributed by atoms with Gasteiger partial charge in [-0.2, -0.15) is 0 Å². The standard InChI is InChI=1S/C22H26N8.HI/c1-3-23-22(24-13-12-21-28-27-20-11-7-8-14-30(20)21)29(2)16-19-25-15-18(26-19)17-9-5-4-6-10-17;/h4-11,14-15H,3,12-13,16H2,1-2H3,(H,23,24)(H,25,26);1H. The third-order valence-electron chi connectivity index (χ3n) is 4.78.